The van der Waals surface area contributed by atoms with Gasteiger partial charge < -0.3 is 71.1 Å². The van der Waals surface area contributed by atoms with Gasteiger partial charge in [-0.05, 0) is 194 Å². The molecule has 2 atom stereocenters. The van der Waals surface area contributed by atoms with Crippen LogP contribution < -0.4 is 24.8 Å². The molecule has 7 heterocycles. The normalized spacial score (nSPS) is 25.7. The monoisotopic (exact) mass is 1220 g/mol. The first kappa shape index (κ1) is 65.8. The molecule has 0 amide bonds. The van der Waals surface area contributed by atoms with Crippen LogP contribution in [-0.4, -0.2) is 203 Å². The van der Waals surface area contributed by atoms with Gasteiger partial charge in [-0.15, -0.1) is 0 Å². The number of aliphatic imine (C=N–C) groups is 1. The number of benzene rings is 3. The molecule has 2 N–H and O–H groups in total. The summed E-state index contributed by atoms with van der Waals surface area (Å²) >= 11 is 0. The Kier molecular flexibility index (Phi) is 21.6. The lowest BCUT2D eigenvalue weighted by Gasteiger charge is -2.46. The van der Waals surface area contributed by atoms with E-state index >= 15 is 0 Å². The van der Waals surface area contributed by atoms with Crippen molar-refractivity contribution in [3.63, 3.8) is 0 Å². The number of nitrogens with one attached hydrogen (secondary N) is 2. The van der Waals surface area contributed by atoms with Crippen LogP contribution in [0, 0.1) is 0 Å². The third-order valence-electron chi connectivity index (χ3n) is 17.2. The van der Waals surface area contributed by atoms with E-state index in [4.69, 9.17) is 76.0 Å². The Hall–Kier alpha value is -4.11. The van der Waals surface area contributed by atoms with Gasteiger partial charge in [-0.3, -0.25) is 20.0 Å². The molecule has 21 nitrogen and oxygen atoms in total. The minimum Gasteiger partial charge on any atom is -0.457 e. The molecule has 0 bridgehead atoms. The number of hydrogen-bond donors (Lipinski definition) is 2. The van der Waals surface area contributed by atoms with E-state index in [1.807, 2.05) is 119 Å². The molecule has 0 aliphatic carbocycles. The Morgan fingerprint density at radius 1 is 0.368 bits per heavy atom. The van der Waals surface area contributed by atoms with Gasteiger partial charge in [-0.25, -0.2) is 5.32 Å². The van der Waals surface area contributed by atoms with Crippen LogP contribution in [0.4, 0.5) is 0 Å². The molecule has 0 saturated carbocycles. The molecule has 3 aromatic rings. The first-order valence-electron chi connectivity index (χ1n) is 31.7. The highest BCUT2D eigenvalue weighted by molar-refractivity contribution is 5.77. The van der Waals surface area contributed by atoms with Crippen molar-refractivity contribution in [1.29, 1.82) is 0 Å². The topological polar surface area (TPSA) is 185 Å². The highest BCUT2D eigenvalue weighted by Crippen LogP contribution is 2.31. The first-order chi connectivity index (χ1) is 41.4. The molecule has 87 heavy (non-hydrogen) atoms. The van der Waals surface area contributed by atoms with Gasteiger partial charge in [0.25, 0.3) is 12.4 Å². The Labute approximate surface area is 516 Å². The summed E-state index contributed by atoms with van der Waals surface area (Å²) in [4.78, 5) is 12.2. The second kappa shape index (κ2) is 28.6. The van der Waals surface area contributed by atoms with Crippen LogP contribution >= 0.6 is 0 Å². The highest BCUT2D eigenvalue weighted by Gasteiger charge is 2.42. The summed E-state index contributed by atoms with van der Waals surface area (Å²) in [5.74, 6) is -1.66. The SMILES string of the molecule is CC1(C)OCC(N(CCCc2ccc(OC3=NC(Oc4ccc(CCCN(C5COC(C)(C)OC5)C5COC(C)(C)OC5)cc4)NC(Oc4ccc(CCCN(C5COC(C)(C)OC5)C5COC(C)(C)OC5)cc4)N3)cc2)C2COC(C)(C)OC2)CO1. The minimum absolute atomic E-state index is 0.0987. The molecule has 3 aromatic carbocycles. The molecule has 0 radical (unpaired) electrons. The summed E-state index contributed by atoms with van der Waals surface area (Å²) < 4.78 is 92.8. The number of ether oxygens (including phenoxy) is 15. The van der Waals surface area contributed by atoms with Crippen molar-refractivity contribution in [3.8, 4) is 17.2 Å². The van der Waals surface area contributed by atoms with Crippen molar-refractivity contribution in [1.82, 2.24) is 25.3 Å². The summed E-state index contributed by atoms with van der Waals surface area (Å²) in [5.41, 5.74) is 3.57. The van der Waals surface area contributed by atoms with Crippen molar-refractivity contribution in [2.24, 2.45) is 4.99 Å². The van der Waals surface area contributed by atoms with Gasteiger partial charge in [0.1, 0.15) is 17.2 Å². The third-order valence-corrected chi connectivity index (χ3v) is 17.2. The van der Waals surface area contributed by atoms with Crippen LogP contribution in [0.1, 0.15) is 119 Å². The van der Waals surface area contributed by atoms with Crippen molar-refractivity contribution in [2.75, 3.05) is 98.9 Å². The van der Waals surface area contributed by atoms with Crippen LogP contribution in [0.25, 0.3) is 0 Å². The molecule has 7 aliphatic rings. The lowest BCUT2D eigenvalue weighted by molar-refractivity contribution is -0.288. The molecule has 6 fully saturated rings. The molecular formula is C66H100N6O15. The molecule has 484 valence electrons. The van der Waals surface area contributed by atoms with Gasteiger partial charge in [0.05, 0.1) is 116 Å². The average molecular weight is 1220 g/mol. The van der Waals surface area contributed by atoms with Gasteiger partial charge in [0.2, 0.25) is 6.35 Å². The lowest BCUT2D eigenvalue weighted by Crippen LogP contribution is -2.59. The molecule has 21 heteroatoms. The quantitative estimate of drug-likeness (QED) is 0.0931. The van der Waals surface area contributed by atoms with Gasteiger partial charge >= 0.3 is 0 Å². The fourth-order valence-electron chi connectivity index (χ4n) is 11.9. The van der Waals surface area contributed by atoms with E-state index in [1.54, 1.807) is 0 Å². The maximum atomic E-state index is 6.56. The largest absolute Gasteiger partial charge is 0.457 e. The van der Waals surface area contributed by atoms with E-state index in [1.165, 1.54) is 16.7 Å². The predicted molar refractivity (Wildman–Crippen MR) is 326 cm³/mol. The second-order valence-corrected chi connectivity index (χ2v) is 26.8. The fraction of sp³-hybridized carbons (Fsp3) is 0.712. The smallest absolute Gasteiger partial charge is 0.298 e. The van der Waals surface area contributed by atoms with Crippen molar-refractivity contribution >= 4 is 6.02 Å². The Morgan fingerprint density at radius 2 is 0.621 bits per heavy atom. The van der Waals surface area contributed by atoms with Crippen LogP contribution in [-0.2, 0) is 76.1 Å². The zero-order valence-corrected chi connectivity index (χ0v) is 53.8. The van der Waals surface area contributed by atoms with Crippen molar-refractivity contribution in [2.45, 2.75) is 205 Å². The summed E-state index contributed by atoms with van der Waals surface area (Å²) in [5, 5.41) is 6.70. The summed E-state index contributed by atoms with van der Waals surface area (Å²) in [6, 6.07) is 25.4. The Balaban J connectivity index is 0.768. The Morgan fingerprint density at radius 3 is 0.897 bits per heavy atom. The fourth-order valence-corrected chi connectivity index (χ4v) is 11.9. The predicted octanol–water partition coefficient (Wildman–Crippen LogP) is 7.95. The van der Waals surface area contributed by atoms with E-state index in [0.29, 0.717) is 96.5 Å². The average Bonchev–Trinajstić information content (AvgIpc) is 1.99. The maximum absolute atomic E-state index is 6.56. The van der Waals surface area contributed by atoms with Gasteiger partial charge in [-0.1, -0.05) is 36.4 Å². The van der Waals surface area contributed by atoms with E-state index in [9.17, 15) is 0 Å². The lowest BCUT2D eigenvalue weighted by atomic mass is 10.1. The van der Waals surface area contributed by atoms with E-state index < -0.39 is 47.4 Å². The molecule has 0 aromatic heterocycles. The maximum Gasteiger partial charge on any atom is 0.298 e. The summed E-state index contributed by atoms with van der Waals surface area (Å²) in [7, 11) is 0. The van der Waals surface area contributed by atoms with Crippen LogP contribution in [0.5, 0.6) is 17.2 Å². The third kappa shape index (κ3) is 19.5. The molecule has 6 saturated heterocycles. The van der Waals surface area contributed by atoms with Gasteiger partial charge in [-0.2, -0.15) is 4.99 Å². The standard InChI is InChI=1S/C66H100N6O15/c1-61(2)73-34-49(35-74-61)70(50-36-75-62(3,4)76-37-50)31-13-16-46-19-25-55(26-20-46)85-58-67-59(86-56-27-21-47(22-28-56)17-14-32-71(51-38-77-63(5,6)78-39-51)52-40-79-64(7,8)80-41-52)69-60(68-58)87-57-29-23-48(24-30-57)18-15-33-72(53-42-81-65(9,10)82-43-53)54-44-83-66(11,12)84-45-54/h19-30,49-54,58-59,67H,13-18,31-45H2,1-12H3,(H,68,69). The van der Waals surface area contributed by atoms with Crippen LogP contribution in [0.15, 0.2) is 77.8 Å². The second-order valence-electron chi connectivity index (χ2n) is 26.8. The van der Waals surface area contributed by atoms with Crippen molar-refractivity contribution < 1.29 is 71.1 Å². The van der Waals surface area contributed by atoms with Gasteiger partial charge in [0, 0.05) is 0 Å². The molecular weight excluding hydrogens is 1120 g/mol. The van der Waals surface area contributed by atoms with E-state index in [-0.39, 0.29) is 42.3 Å². The Bertz CT molecular complexity index is 2510. The summed E-state index contributed by atoms with van der Waals surface area (Å²) in [6.45, 7) is 33.1. The molecule has 10 rings (SSSR count). The number of aryl methyl sites for hydroxylation is 3. The number of hydrogen-bond acceptors (Lipinski definition) is 21. The zero-order chi connectivity index (χ0) is 61.5. The molecule has 7 aliphatic heterocycles. The zero-order valence-electron chi connectivity index (χ0n) is 53.8. The number of rotatable bonds is 23. The van der Waals surface area contributed by atoms with Gasteiger partial charge in [0.15, 0.2) is 34.7 Å². The minimum atomic E-state index is -0.848. The molecule has 2 unspecified atom stereocenters. The van der Waals surface area contributed by atoms with E-state index in [2.05, 4.69) is 61.7 Å². The van der Waals surface area contributed by atoms with Crippen LogP contribution in [0.2, 0.25) is 0 Å². The first-order valence-corrected chi connectivity index (χ1v) is 31.7. The van der Waals surface area contributed by atoms with E-state index in [0.717, 1.165) is 58.2 Å². The number of nitrogens with zero attached hydrogens (tertiary/aromatic N) is 4. The summed E-state index contributed by atoms with van der Waals surface area (Å²) in [6.07, 6.45) is 3.76. The van der Waals surface area contributed by atoms with Crippen LogP contribution in [0.3, 0.4) is 0 Å². The molecule has 0 spiro atoms. The highest BCUT2D eigenvalue weighted by atomic mass is 16.7. The van der Waals surface area contributed by atoms with Crippen molar-refractivity contribution in [3.05, 3.63) is 89.5 Å². The number of amidine groups is 1.